The molecule has 4 heteroatoms. The maximum atomic E-state index is 4.31. The molecule has 1 atom stereocenters. The summed E-state index contributed by atoms with van der Waals surface area (Å²) in [6.07, 6.45) is 7.65. The first-order valence-corrected chi connectivity index (χ1v) is 7.14. The lowest BCUT2D eigenvalue weighted by Gasteiger charge is -2.48. The molecule has 1 saturated heterocycles. The average Bonchev–Trinajstić information content (AvgIpc) is 2.84. The molecule has 1 aromatic rings. The first-order chi connectivity index (χ1) is 8.64. The predicted molar refractivity (Wildman–Crippen MR) is 75.9 cm³/mol. The lowest BCUT2D eigenvalue weighted by atomic mass is 9.88. The molecule has 2 heterocycles. The van der Waals surface area contributed by atoms with Crippen molar-refractivity contribution in [2.75, 3.05) is 18.0 Å². The van der Waals surface area contributed by atoms with Crippen LogP contribution in [0.2, 0.25) is 0 Å². The summed E-state index contributed by atoms with van der Waals surface area (Å²) >= 11 is 0. The standard InChI is InChI=1S/C14H26N4/c1-5-12-8-15-14(6-2,7-3)11-18(12)13-9-16-17(4)10-13/h9-10,12,15H,5-8,11H2,1-4H3. The van der Waals surface area contributed by atoms with Crippen LogP contribution in [0.4, 0.5) is 5.69 Å². The van der Waals surface area contributed by atoms with E-state index in [1.165, 1.54) is 24.9 Å². The Morgan fingerprint density at radius 2 is 2.11 bits per heavy atom. The number of hydrogen-bond donors (Lipinski definition) is 1. The van der Waals surface area contributed by atoms with Gasteiger partial charge in [0, 0.05) is 37.9 Å². The fourth-order valence-corrected chi connectivity index (χ4v) is 2.90. The third-order valence-corrected chi connectivity index (χ3v) is 4.47. The molecule has 1 fully saturated rings. The topological polar surface area (TPSA) is 33.1 Å². The number of nitrogens with one attached hydrogen (secondary N) is 1. The Morgan fingerprint density at radius 1 is 1.39 bits per heavy atom. The number of nitrogens with zero attached hydrogens (tertiary/aromatic N) is 3. The number of hydrogen-bond acceptors (Lipinski definition) is 3. The van der Waals surface area contributed by atoms with Crippen LogP contribution in [-0.2, 0) is 7.05 Å². The van der Waals surface area contributed by atoms with Crippen molar-refractivity contribution in [1.29, 1.82) is 0 Å². The van der Waals surface area contributed by atoms with Crippen molar-refractivity contribution in [3.63, 3.8) is 0 Å². The Labute approximate surface area is 110 Å². The summed E-state index contributed by atoms with van der Waals surface area (Å²) in [5.41, 5.74) is 1.53. The first kappa shape index (κ1) is 13.4. The van der Waals surface area contributed by atoms with Gasteiger partial charge in [-0.2, -0.15) is 5.10 Å². The number of rotatable bonds is 4. The fourth-order valence-electron chi connectivity index (χ4n) is 2.90. The summed E-state index contributed by atoms with van der Waals surface area (Å²) in [5.74, 6) is 0. The molecule has 0 aliphatic carbocycles. The van der Waals surface area contributed by atoms with E-state index in [2.05, 4.69) is 42.3 Å². The molecule has 1 aromatic heterocycles. The molecule has 0 bridgehead atoms. The van der Waals surface area contributed by atoms with Crippen LogP contribution in [0, 0.1) is 0 Å². The van der Waals surface area contributed by atoms with Gasteiger partial charge in [0.2, 0.25) is 0 Å². The van der Waals surface area contributed by atoms with E-state index in [0.717, 1.165) is 13.1 Å². The summed E-state index contributed by atoms with van der Waals surface area (Å²) in [5, 5.41) is 8.09. The van der Waals surface area contributed by atoms with Crippen LogP contribution < -0.4 is 10.2 Å². The maximum absolute atomic E-state index is 4.31. The van der Waals surface area contributed by atoms with Gasteiger partial charge in [-0.1, -0.05) is 20.8 Å². The van der Waals surface area contributed by atoms with Crippen molar-refractivity contribution in [2.45, 2.75) is 51.6 Å². The molecule has 0 spiro atoms. The molecule has 1 N–H and O–H groups in total. The molecule has 1 aliphatic heterocycles. The zero-order valence-corrected chi connectivity index (χ0v) is 12.1. The second-order valence-corrected chi connectivity index (χ2v) is 5.43. The zero-order chi connectivity index (χ0) is 13.2. The maximum Gasteiger partial charge on any atom is 0.0755 e. The minimum atomic E-state index is 0.265. The third-order valence-electron chi connectivity index (χ3n) is 4.47. The lowest BCUT2D eigenvalue weighted by molar-refractivity contribution is 0.246. The van der Waals surface area contributed by atoms with Gasteiger partial charge in [-0.05, 0) is 19.3 Å². The van der Waals surface area contributed by atoms with Gasteiger partial charge in [-0.15, -0.1) is 0 Å². The van der Waals surface area contributed by atoms with Crippen LogP contribution in [-0.4, -0.2) is 34.5 Å². The van der Waals surface area contributed by atoms with Crippen LogP contribution in [0.5, 0.6) is 0 Å². The fraction of sp³-hybridized carbons (Fsp3) is 0.786. The Kier molecular flexibility index (Phi) is 3.95. The number of anilines is 1. The van der Waals surface area contributed by atoms with Crippen LogP contribution in [0.3, 0.4) is 0 Å². The van der Waals surface area contributed by atoms with E-state index in [0.29, 0.717) is 6.04 Å². The molecular weight excluding hydrogens is 224 g/mol. The minimum Gasteiger partial charge on any atom is -0.363 e. The van der Waals surface area contributed by atoms with Crippen molar-refractivity contribution < 1.29 is 0 Å². The van der Waals surface area contributed by atoms with Crippen LogP contribution in [0.25, 0.3) is 0 Å². The van der Waals surface area contributed by atoms with Crippen LogP contribution >= 0.6 is 0 Å². The molecule has 0 amide bonds. The summed E-state index contributed by atoms with van der Waals surface area (Å²) < 4.78 is 1.89. The monoisotopic (exact) mass is 250 g/mol. The minimum absolute atomic E-state index is 0.265. The van der Waals surface area contributed by atoms with Gasteiger partial charge < -0.3 is 10.2 Å². The van der Waals surface area contributed by atoms with Crippen molar-refractivity contribution >= 4 is 5.69 Å². The highest BCUT2D eigenvalue weighted by molar-refractivity contribution is 5.45. The molecule has 4 nitrogen and oxygen atoms in total. The van der Waals surface area contributed by atoms with E-state index < -0.39 is 0 Å². The molecule has 0 radical (unpaired) electrons. The number of piperazine rings is 1. The van der Waals surface area contributed by atoms with Gasteiger partial charge in [0.1, 0.15) is 0 Å². The van der Waals surface area contributed by atoms with Crippen molar-refractivity contribution in [3.8, 4) is 0 Å². The Hall–Kier alpha value is -1.03. The van der Waals surface area contributed by atoms with Crippen molar-refractivity contribution in [1.82, 2.24) is 15.1 Å². The van der Waals surface area contributed by atoms with E-state index in [-0.39, 0.29) is 5.54 Å². The SMILES string of the molecule is CCC1CNC(CC)(CC)CN1c1cnn(C)c1. The van der Waals surface area contributed by atoms with Crippen LogP contribution in [0.15, 0.2) is 12.4 Å². The first-order valence-electron chi connectivity index (χ1n) is 7.14. The molecule has 0 aromatic carbocycles. The molecule has 2 rings (SSSR count). The van der Waals surface area contributed by atoms with Gasteiger partial charge in [0.05, 0.1) is 11.9 Å². The van der Waals surface area contributed by atoms with E-state index >= 15 is 0 Å². The van der Waals surface area contributed by atoms with Gasteiger partial charge in [-0.25, -0.2) is 0 Å². The highest BCUT2D eigenvalue weighted by Crippen LogP contribution is 2.28. The van der Waals surface area contributed by atoms with Crippen molar-refractivity contribution in [2.24, 2.45) is 7.05 Å². The Balaban J connectivity index is 2.23. The molecule has 1 unspecified atom stereocenters. The average molecular weight is 250 g/mol. The predicted octanol–water partition coefficient (Wildman–Crippen LogP) is 2.17. The Bertz CT molecular complexity index is 381. The molecule has 18 heavy (non-hydrogen) atoms. The zero-order valence-electron chi connectivity index (χ0n) is 12.1. The summed E-state index contributed by atoms with van der Waals surface area (Å²) in [6, 6.07) is 0.584. The second kappa shape index (κ2) is 5.31. The smallest absolute Gasteiger partial charge is 0.0755 e. The largest absolute Gasteiger partial charge is 0.363 e. The molecular formula is C14H26N4. The second-order valence-electron chi connectivity index (χ2n) is 5.43. The van der Waals surface area contributed by atoms with E-state index in [4.69, 9.17) is 0 Å². The van der Waals surface area contributed by atoms with Gasteiger partial charge in [0.25, 0.3) is 0 Å². The van der Waals surface area contributed by atoms with E-state index in [9.17, 15) is 0 Å². The summed E-state index contributed by atoms with van der Waals surface area (Å²) in [6.45, 7) is 8.99. The third kappa shape index (κ3) is 2.39. The molecule has 102 valence electrons. The normalized spacial score (nSPS) is 23.3. The highest BCUT2D eigenvalue weighted by atomic mass is 15.3. The summed E-state index contributed by atoms with van der Waals surface area (Å²) in [4.78, 5) is 2.54. The van der Waals surface area contributed by atoms with Crippen LogP contribution in [0.1, 0.15) is 40.0 Å². The highest BCUT2D eigenvalue weighted by Gasteiger charge is 2.36. The van der Waals surface area contributed by atoms with E-state index in [1.807, 2.05) is 17.9 Å². The Morgan fingerprint density at radius 3 is 2.61 bits per heavy atom. The quantitative estimate of drug-likeness (QED) is 0.889. The van der Waals surface area contributed by atoms with Gasteiger partial charge in [-0.3, -0.25) is 4.68 Å². The van der Waals surface area contributed by atoms with E-state index in [1.54, 1.807) is 0 Å². The molecule has 0 saturated carbocycles. The molecule has 1 aliphatic rings. The number of aromatic nitrogens is 2. The van der Waals surface area contributed by atoms with Gasteiger partial charge in [0.15, 0.2) is 0 Å². The van der Waals surface area contributed by atoms with Crippen molar-refractivity contribution in [3.05, 3.63) is 12.4 Å². The lowest BCUT2D eigenvalue weighted by Crippen LogP contribution is -2.63. The summed E-state index contributed by atoms with van der Waals surface area (Å²) in [7, 11) is 1.99. The number of aryl methyl sites for hydroxylation is 1. The van der Waals surface area contributed by atoms with Gasteiger partial charge >= 0.3 is 0 Å².